The Hall–Kier alpha value is -6.38. The summed E-state index contributed by atoms with van der Waals surface area (Å²) in [5, 5.41) is 7.73. The van der Waals surface area contributed by atoms with Crippen LogP contribution in [0, 0.1) is 0 Å². The van der Waals surface area contributed by atoms with E-state index in [-0.39, 0.29) is 0 Å². The first-order valence-corrected chi connectivity index (χ1v) is 16.4. The molecule has 9 aromatic carbocycles. The van der Waals surface area contributed by atoms with E-state index in [1.807, 2.05) is 0 Å². The number of nitrogens with zero attached hydrogens (tertiary/aromatic N) is 2. The predicted octanol–water partition coefficient (Wildman–Crippen LogP) is 13.2. The molecule has 0 aliphatic heterocycles. The molecule has 2 heteroatoms. The van der Waals surface area contributed by atoms with Crippen molar-refractivity contribution in [1.82, 2.24) is 0 Å². The van der Waals surface area contributed by atoms with Crippen LogP contribution in [0.4, 0.5) is 34.1 Å². The highest BCUT2D eigenvalue weighted by atomic mass is 15.1. The Bertz CT molecular complexity index is 2420. The molecule has 0 aliphatic rings. The fourth-order valence-electron chi connectivity index (χ4n) is 7.13. The summed E-state index contributed by atoms with van der Waals surface area (Å²) in [6, 6.07) is 69.8. The van der Waals surface area contributed by atoms with E-state index in [1.165, 1.54) is 49.1 Å². The van der Waals surface area contributed by atoms with Crippen molar-refractivity contribution >= 4 is 66.4 Å². The summed E-state index contributed by atoms with van der Waals surface area (Å²) in [6.45, 7) is 0. The van der Waals surface area contributed by atoms with Gasteiger partial charge in [0.05, 0.1) is 5.69 Å². The maximum Gasteiger partial charge on any atom is 0.0540 e. The van der Waals surface area contributed by atoms with Gasteiger partial charge in [-0.05, 0) is 105 Å². The zero-order valence-electron chi connectivity index (χ0n) is 26.4. The molecule has 0 fully saturated rings. The second-order valence-corrected chi connectivity index (χ2v) is 12.2. The van der Waals surface area contributed by atoms with Gasteiger partial charge in [0.1, 0.15) is 0 Å². The fraction of sp³-hybridized carbons (Fsp3) is 0. The Morgan fingerprint density at radius 2 is 0.646 bits per heavy atom. The number of para-hydroxylation sites is 3. The average molecular weight is 613 g/mol. The number of hydrogen-bond acceptors (Lipinski definition) is 2. The molecule has 226 valence electrons. The Morgan fingerprint density at radius 3 is 1.17 bits per heavy atom. The minimum atomic E-state index is 1.12. The van der Waals surface area contributed by atoms with Gasteiger partial charge in [0.2, 0.25) is 0 Å². The highest BCUT2D eigenvalue weighted by Crippen LogP contribution is 2.44. The van der Waals surface area contributed by atoms with Gasteiger partial charge in [0.15, 0.2) is 0 Å². The molecule has 9 aromatic rings. The topological polar surface area (TPSA) is 6.48 Å². The number of anilines is 6. The molecule has 0 amide bonds. The second-order valence-electron chi connectivity index (χ2n) is 12.2. The van der Waals surface area contributed by atoms with Gasteiger partial charge < -0.3 is 9.80 Å². The number of benzene rings is 9. The maximum atomic E-state index is 2.39. The zero-order chi connectivity index (χ0) is 31.9. The normalized spacial score (nSPS) is 11.3. The summed E-state index contributed by atoms with van der Waals surface area (Å²) in [5.74, 6) is 0. The van der Waals surface area contributed by atoms with E-state index in [1.54, 1.807) is 0 Å². The summed E-state index contributed by atoms with van der Waals surface area (Å²) in [5.41, 5.74) is 9.17. The Kier molecular flexibility index (Phi) is 6.84. The Balaban J connectivity index is 1.11. The summed E-state index contributed by atoms with van der Waals surface area (Å²) >= 11 is 0. The standard InChI is InChI=1S/C46H32N2/c1-4-13-38(14-5-1)47(39-15-6-2-7-16-39)41-27-21-33(22-28-41)34-23-29-42(30-24-34)48(40-17-8-3-9-18-40)44-32-26-37-20-19-35-11-10-12-36-25-31-43(44)46(37)45(35)36/h1-32H. The fourth-order valence-corrected chi connectivity index (χ4v) is 7.13. The maximum absolute atomic E-state index is 2.39. The first-order valence-electron chi connectivity index (χ1n) is 16.4. The molecule has 0 aliphatic carbocycles. The van der Waals surface area contributed by atoms with Crippen LogP contribution in [0.1, 0.15) is 0 Å². The van der Waals surface area contributed by atoms with Gasteiger partial charge >= 0.3 is 0 Å². The minimum absolute atomic E-state index is 1.12. The van der Waals surface area contributed by atoms with Crippen molar-refractivity contribution in [3.63, 3.8) is 0 Å². The van der Waals surface area contributed by atoms with Gasteiger partial charge in [-0.15, -0.1) is 0 Å². The van der Waals surface area contributed by atoms with Gasteiger partial charge in [-0.2, -0.15) is 0 Å². The van der Waals surface area contributed by atoms with Crippen molar-refractivity contribution in [2.24, 2.45) is 0 Å². The summed E-state index contributed by atoms with van der Waals surface area (Å²) < 4.78 is 0. The lowest BCUT2D eigenvalue weighted by molar-refractivity contribution is 1.28. The molecule has 0 aromatic heterocycles. The molecule has 0 saturated heterocycles. The third-order valence-corrected chi connectivity index (χ3v) is 9.37. The van der Waals surface area contributed by atoms with Crippen LogP contribution in [-0.4, -0.2) is 0 Å². The monoisotopic (exact) mass is 612 g/mol. The Labute approximate surface area is 280 Å². The molecule has 0 saturated carbocycles. The van der Waals surface area contributed by atoms with Crippen molar-refractivity contribution in [3.05, 3.63) is 194 Å². The summed E-state index contributed by atoms with van der Waals surface area (Å²) in [7, 11) is 0. The summed E-state index contributed by atoms with van der Waals surface area (Å²) in [6.07, 6.45) is 0. The van der Waals surface area contributed by atoms with E-state index < -0.39 is 0 Å². The number of rotatable bonds is 7. The molecule has 0 heterocycles. The van der Waals surface area contributed by atoms with Crippen LogP contribution in [-0.2, 0) is 0 Å². The lowest BCUT2D eigenvalue weighted by Crippen LogP contribution is -2.10. The van der Waals surface area contributed by atoms with E-state index >= 15 is 0 Å². The van der Waals surface area contributed by atoms with Crippen LogP contribution in [0.5, 0.6) is 0 Å². The molecule has 0 atom stereocenters. The van der Waals surface area contributed by atoms with Crippen molar-refractivity contribution in [3.8, 4) is 11.1 Å². The van der Waals surface area contributed by atoms with Crippen molar-refractivity contribution in [2.75, 3.05) is 9.80 Å². The van der Waals surface area contributed by atoms with E-state index in [9.17, 15) is 0 Å². The molecule has 0 spiro atoms. The highest BCUT2D eigenvalue weighted by molar-refractivity contribution is 6.25. The van der Waals surface area contributed by atoms with Gasteiger partial charge in [0.25, 0.3) is 0 Å². The van der Waals surface area contributed by atoms with Gasteiger partial charge in [0, 0.05) is 33.8 Å². The van der Waals surface area contributed by atoms with Crippen LogP contribution in [0.15, 0.2) is 194 Å². The van der Waals surface area contributed by atoms with Crippen LogP contribution in [0.2, 0.25) is 0 Å². The van der Waals surface area contributed by atoms with Crippen molar-refractivity contribution in [1.29, 1.82) is 0 Å². The van der Waals surface area contributed by atoms with E-state index in [0.717, 1.165) is 28.4 Å². The molecule has 0 N–H and O–H groups in total. The molecule has 48 heavy (non-hydrogen) atoms. The van der Waals surface area contributed by atoms with Gasteiger partial charge in [-0.3, -0.25) is 0 Å². The van der Waals surface area contributed by atoms with E-state index in [4.69, 9.17) is 0 Å². The zero-order valence-corrected chi connectivity index (χ0v) is 26.4. The lowest BCUT2D eigenvalue weighted by atomic mass is 9.93. The minimum Gasteiger partial charge on any atom is -0.311 e. The largest absolute Gasteiger partial charge is 0.311 e. The molecule has 0 bridgehead atoms. The molecule has 0 radical (unpaired) electrons. The smallest absolute Gasteiger partial charge is 0.0540 e. The first kappa shape index (κ1) is 27.9. The van der Waals surface area contributed by atoms with Crippen LogP contribution in [0.3, 0.4) is 0 Å². The molecular formula is C46H32N2. The molecular weight excluding hydrogens is 581 g/mol. The number of hydrogen-bond donors (Lipinski definition) is 0. The molecule has 9 rings (SSSR count). The first-order chi connectivity index (χ1) is 23.8. The van der Waals surface area contributed by atoms with Gasteiger partial charge in [-0.1, -0.05) is 127 Å². The lowest BCUT2D eigenvalue weighted by Gasteiger charge is -2.28. The van der Waals surface area contributed by atoms with Crippen LogP contribution >= 0.6 is 0 Å². The predicted molar refractivity (Wildman–Crippen MR) is 205 cm³/mol. The van der Waals surface area contributed by atoms with Gasteiger partial charge in [-0.25, -0.2) is 0 Å². The summed E-state index contributed by atoms with van der Waals surface area (Å²) in [4.78, 5) is 4.68. The highest BCUT2D eigenvalue weighted by Gasteiger charge is 2.18. The third-order valence-electron chi connectivity index (χ3n) is 9.37. The van der Waals surface area contributed by atoms with E-state index in [0.29, 0.717) is 0 Å². The van der Waals surface area contributed by atoms with Crippen molar-refractivity contribution < 1.29 is 0 Å². The third kappa shape index (κ3) is 4.83. The van der Waals surface area contributed by atoms with Crippen LogP contribution < -0.4 is 9.80 Å². The second kappa shape index (κ2) is 11.8. The van der Waals surface area contributed by atoms with E-state index in [2.05, 4.69) is 204 Å². The van der Waals surface area contributed by atoms with Crippen molar-refractivity contribution in [2.45, 2.75) is 0 Å². The SMILES string of the molecule is c1ccc(N(c2ccccc2)c2ccc(-c3ccc(N(c4ccccc4)c4ccc5ccc6cccc7ccc4c5c67)cc3)cc2)cc1. The van der Waals surface area contributed by atoms with Crippen LogP contribution in [0.25, 0.3) is 43.4 Å². The Morgan fingerprint density at radius 1 is 0.250 bits per heavy atom. The average Bonchev–Trinajstić information content (AvgIpc) is 3.16. The molecule has 0 unspecified atom stereocenters. The molecule has 2 nitrogen and oxygen atoms in total. The quantitative estimate of drug-likeness (QED) is 0.165.